The fraction of sp³-hybridized carbons (Fsp3) is 1.00. The quantitative estimate of drug-likeness (QED) is 0.774. The number of ether oxygens (including phenoxy) is 1. The van der Waals surface area contributed by atoms with Crippen molar-refractivity contribution >= 4 is 9.84 Å². The molecule has 2 unspecified atom stereocenters. The van der Waals surface area contributed by atoms with Crippen molar-refractivity contribution in [2.45, 2.75) is 38.3 Å². The molecule has 2 atom stereocenters. The Morgan fingerprint density at radius 1 is 1.40 bits per heavy atom. The molecule has 15 heavy (non-hydrogen) atoms. The molecule has 0 saturated carbocycles. The van der Waals surface area contributed by atoms with Gasteiger partial charge in [-0.1, -0.05) is 0 Å². The summed E-state index contributed by atoms with van der Waals surface area (Å²) in [6.45, 7) is 3.54. The molecule has 1 N–H and O–H groups in total. The lowest BCUT2D eigenvalue weighted by Gasteiger charge is -2.20. The number of hydrogen-bond acceptors (Lipinski definition) is 4. The minimum Gasteiger partial charge on any atom is -0.381 e. The molecule has 0 radical (unpaired) electrons. The van der Waals surface area contributed by atoms with Crippen LogP contribution in [0, 0.1) is 0 Å². The molecule has 0 amide bonds. The van der Waals surface area contributed by atoms with Crippen molar-refractivity contribution in [1.82, 2.24) is 5.32 Å². The third-order valence-electron chi connectivity index (χ3n) is 2.52. The lowest BCUT2D eigenvalue weighted by molar-refractivity contribution is 0.142. The molecule has 0 aliphatic carbocycles. The molecule has 0 aromatic rings. The van der Waals surface area contributed by atoms with Crippen LogP contribution in [0.5, 0.6) is 0 Å². The smallest absolute Gasteiger partial charge is 0.148 e. The molecule has 5 heteroatoms. The number of nitrogens with one attached hydrogen (secondary N) is 1. The average Bonchev–Trinajstić information content (AvgIpc) is 2.28. The van der Waals surface area contributed by atoms with Crippen LogP contribution in [-0.2, 0) is 14.6 Å². The van der Waals surface area contributed by atoms with Gasteiger partial charge in [0.25, 0.3) is 0 Å². The minimum atomic E-state index is -2.88. The van der Waals surface area contributed by atoms with Gasteiger partial charge in [0, 0.05) is 31.6 Å². The van der Waals surface area contributed by atoms with Crippen LogP contribution >= 0.6 is 0 Å². The Morgan fingerprint density at radius 3 is 2.80 bits per heavy atom. The first-order chi connectivity index (χ1) is 6.97. The molecule has 1 fully saturated rings. The second-order valence-corrected chi connectivity index (χ2v) is 6.59. The van der Waals surface area contributed by atoms with E-state index in [1.54, 1.807) is 0 Å². The molecule has 1 rings (SSSR count). The highest BCUT2D eigenvalue weighted by Crippen LogP contribution is 2.09. The maximum Gasteiger partial charge on any atom is 0.148 e. The Labute approximate surface area is 92.3 Å². The molecular weight excluding hydrogens is 214 g/mol. The third-order valence-corrected chi connectivity index (χ3v) is 3.63. The van der Waals surface area contributed by atoms with Gasteiger partial charge in [0.1, 0.15) is 9.84 Å². The van der Waals surface area contributed by atoms with Gasteiger partial charge in [-0.3, -0.25) is 0 Å². The second kappa shape index (κ2) is 5.82. The van der Waals surface area contributed by atoms with E-state index in [1.807, 2.05) is 6.92 Å². The molecule has 0 spiro atoms. The molecular formula is C10H21NO3S. The summed E-state index contributed by atoms with van der Waals surface area (Å²) in [5.74, 6) is 0.213. The minimum absolute atomic E-state index is 0.0306. The summed E-state index contributed by atoms with van der Waals surface area (Å²) >= 11 is 0. The summed E-state index contributed by atoms with van der Waals surface area (Å²) in [5, 5.41) is 3.36. The third kappa shape index (κ3) is 6.12. The molecule has 0 bridgehead atoms. The normalized spacial score (nSPS) is 25.9. The Morgan fingerprint density at radius 2 is 2.13 bits per heavy atom. The van der Waals surface area contributed by atoms with Gasteiger partial charge in [-0.05, 0) is 26.2 Å². The van der Waals surface area contributed by atoms with Gasteiger partial charge < -0.3 is 10.1 Å². The fourth-order valence-electron chi connectivity index (χ4n) is 1.98. The van der Waals surface area contributed by atoms with Crippen LogP contribution in [0.4, 0.5) is 0 Å². The van der Waals surface area contributed by atoms with Gasteiger partial charge in [0.05, 0.1) is 5.75 Å². The van der Waals surface area contributed by atoms with Crippen molar-refractivity contribution in [1.29, 1.82) is 0 Å². The molecule has 1 heterocycles. The van der Waals surface area contributed by atoms with E-state index in [9.17, 15) is 8.42 Å². The standard InChI is InChI=1S/C10H21NO3S/c1-9(8-15(2,12)13)11-10-4-3-6-14-7-5-10/h9-11H,3-8H2,1-2H3. The van der Waals surface area contributed by atoms with Gasteiger partial charge in [0.2, 0.25) is 0 Å². The molecule has 1 aliphatic heterocycles. The summed E-state index contributed by atoms with van der Waals surface area (Å²) < 4.78 is 27.5. The highest BCUT2D eigenvalue weighted by Gasteiger charge is 2.17. The van der Waals surface area contributed by atoms with Gasteiger partial charge in [-0.2, -0.15) is 0 Å². The summed E-state index contributed by atoms with van der Waals surface area (Å²) in [6, 6.07) is 0.437. The first kappa shape index (κ1) is 12.9. The van der Waals surface area contributed by atoms with Crippen molar-refractivity contribution < 1.29 is 13.2 Å². The van der Waals surface area contributed by atoms with Gasteiger partial charge >= 0.3 is 0 Å². The first-order valence-corrected chi connectivity index (χ1v) is 7.55. The molecule has 4 nitrogen and oxygen atoms in total. The summed E-state index contributed by atoms with van der Waals surface area (Å²) in [4.78, 5) is 0. The highest BCUT2D eigenvalue weighted by molar-refractivity contribution is 7.90. The molecule has 0 aromatic carbocycles. The summed E-state index contributed by atoms with van der Waals surface area (Å²) in [7, 11) is -2.88. The van der Waals surface area contributed by atoms with Crippen LogP contribution in [0.3, 0.4) is 0 Å². The lowest BCUT2D eigenvalue weighted by atomic mass is 10.1. The van der Waals surface area contributed by atoms with E-state index in [2.05, 4.69) is 5.32 Å². The monoisotopic (exact) mass is 235 g/mol. The maximum absolute atomic E-state index is 11.1. The fourth-order valence-corrected chi connectivity index (χ4v) is 2.98. The SMILES string of the molecule is CC(CS(C)(=O)=O)NC1CCCOCC1. The zero-order chi connectivity index (χ0) is 11.3. The number of rotatable bonds is 4. The molecule has 1 saturated heterocycles. The zero-order valence-corrected chi connectivity index (χ0v) is 10.3. The van der Waals surface area contributed by atoms with Gasteiger partial charge in [0.15, 0.2) is 0 Å². The van der Waals surface area contributed by atoms with Crippen LogP contribution in [0.15, 0.2) is 0 Å². The van der Waals surface area contributed by atoms with E-state index in [0.717, 1.165) is 32.5 Å². The van der Waals surface area contributed by atoms with E-state index in [0.29, 0.717) is 6.04 Å². The number of hydrogen-bond donors (Lipinski definition) is 1. The van der Waals surface area contributed by atoms with Crippen molar-refractivity contribution in [3.05, 3.63) is 0 Å². The van der Waals surface area contributed by atoms with Crippen molar-refractivity contribution in [3.8, 4) is 0 Å². The average molecular weight is 235 g/mol. The first-order valence-electron chi connectivity index (χ1n) is 5.49. The van der Waals surface area contributed by atoms with Crippen LogP contribution in [0.25, 0.3) is 0 Å². The predicted octanol–water partition coefficient (Wildman–Crippen LogP) is 0.578. The van der Waals surface area contributed by atoms with Crippen LogP contribution in [-0.4, -0.2) is 45.7 Å². The molecule has 0 aromatic heterocycles. The highest BCUT2D eigenvalue weighted by atomic mass is 32.2. The second-order valence-electron chi connectivity index (χ2n) is 4.40. The Bertz CT molecular complexity index is 268. The number of sulfone groups is 1. The Balaban J connectivity index is 2.32. The predicted molar refractivity (Wildman–Crippen MR) is 60.8 cm³/mol. The summed E-state index contributed by atoms with van der Waals surface area (Å²) in [5.41, 5.74) is 0. The van der Waals surface area contributed by atoms with Crippen molar-refractivity contribution in [2.75, 3.05) is 25.2 Å². The van der Waals surface area contributed by atoms with Crippen LogP contribution < -0.4 is 5.32 Å². The van der Waals surface area contributed by atoms with Crippen molar-refractivity contribution in [2.24, 2.45) is 0 Å². The van der Waals surface area contributed by atoms with Crippen LogP contribution in [0.2, 0.25) is 0 Å². The topological polar surface area (TPSA) is 55.4 Å². The van der Waals surface area contributed by atoms with E-state index < -0.39 is 9.84 Å². The van der Waals surface area contributed by atoms with Gasteiger partial charge in [-0.25, -0.2) is 8.42 Å². The maximum atomic E-state index is 11.1. The van der Waals surface area contributed by atoms with Crippen LogP contribution in [0.1, 0.15) is 26.2 Å². The lowest BCUT2D eigenvalue weighted by Crippen LogP contribution is -2.40. The Hall–Kier alpha value is -0.130. The largest absolute Gasteiger partial charge is 0.381 e. The summed E-state index contributed by atoms with van der Waals surface area (Å²) in [6.07, 6.45) is 4.40. The zero-order valence-electron chi connectivity index (χ0n) is 9.53. The molecule has 90 valence electrons. The van der Waals surface area contributed by atoms with Gasteiger partial charge in [-0.15, -0.1) is 0 Å². The van der Waals surface area contributed by atoms with E-state index >= 15 is 0 Å². The van der Waals surface area contributed by atoms with E-state index in [-0.39, 0.29) is 11.8 Å². The van der Waals surface area contributed by atoms with Crippen molar-refractivity contribution in [3.63, 3.8) is 0 Å². The van der Waals surface area contributed by atoms with E-state index in [4.69, 9.17) is 4.74 Å². The molecule has 1 aliphatic rings. The van der Waals surface area contributed by atoms with E-state index in [1.165, 1.54) is 6.26 Å². The Kier molecular flexibility index (Phi) is 5.02.